The van der Waals surface area contributed by atoms with E-state index < -0.39 is 37.9 Å². The molecule has 0 saturated heterocycles. The number of halogens is 9. The van der Waals surface area contributed by atoms with Gasteiger partial charge in [0, 0.05) is 38.9 Å². The van der Waals surface area contributed by atoms with Gasteiger partial charge in [0.1, 0.15) is 35.2 Å². The zero-order chi connectivity index (χ0) is 38.7. The van der Waals surface area contributed by atoms with Crippen LogP contribution in [-0.2, 0) is 42.0 Å². The molecule has 2 N–H and O–H groups in total. The van der Waals surface area contributed by atoms with E-state index in [0.29, 0.717) is 11.5 Å². The normalized spacial score (nSPS) is 14.5. The third kappa shape index (κ3) is 14.1. The highest BCUT2D eigenvalue weighted by molar-refractivity contribution is 8.00. The summed E-state index contributed by atoms with van der Waals surface area (Å²) in [6.45, 7) is -3.67. The SMILES string of the molecule is C[S+](C)c1ccc(O)c2ccccc12.FC(F)F.O=S(=O)([O-])C(F)(F)F.O=S(=O)([O-])C(F)(F)F.Oc1ccc([S+]2C=CCC2)c2ccccc12. The molecule has 0 aromatic heterocycles. The van der Waals surface area contributed by atoms with E-state index in [-0.39, 0.29) is 21.8 Å². The average molecular weight is 803 g/mol. The fourth-order valence-corrected chi connectivity index (χ4v) is 6.65. The number of phenols is 2. The molecule has 1 aliphatic rings. The molecule has 278 valence electrons. The summed E-state index contributed by atoms with van der Waals surface area (Å²) in [5, 5.41) is 26.1. The van der Waals surface area contributed by atoms with Crippen LogP contribution in [0.25, 0.3) is 21.5 Å². The van der Waals surface area contributed by atoms with Crippen molar-refractivity contribution in [2.75, 3.05) is 18.3 Å². The number of aromatic hydroxyl groups is 2. The first kappa shape index (κ1) is 44.7. The van der Waals surface area contributed by atoms with Gasteiger partial charge in [0.25, 0.3) is 0 Å². The van der Waals surface area contributed by atoms with Crippen LogP contribution in [0.1, 0.15) is 6.42 Å². The third-order valence-electron chi connectivity index (χ3n) is 5.78. The molecular weight excluding hydrogens is 776 g/mol. The van der Waals surface area contributed by atoms with Crippen LogP contribution in [0.3, 0.4) is 0 Å². The van der Waals surface area contributed by atoms with Gasteiger partial charge in [0.15, 0.2) is 30.0 Å². The number of fused-ring (bicyclic) bond motifs is 2. The maximum atomic E-state index is 10.7. The molecule has 1 heterocycles. The van der Waals surface area contributed by atoms with Crippen molar-refractivity contribution in [2.24, 2.45) is 0 Å². The van der Waals surface area contributed by atoms with E-state index in [1.54, 1.807) is 6.07 Å². The van der Waals surface area contributed by atoms with Crippen LogP contribution < -0.4 is 0 Å². The maximum Gasteiger partial charge on any atom is 0.485 e. The van der Waals surface area contributed by atoms with Crippen molar-refractivity contribution in [3.05, 3.63) is 84.3 Å². The van der Waals surface area contributed by atoms with Crippen LogP contribution in [0.5, 0.6) is 11.5 Å². The van der Waals surface area contributed by atoms with Gasteiger partial charge in [-0.1, -0.05) is 36.4 Å². The number of hydrogen-bond donors (Lipinski definition) is 2. The smallest absolute Gasteiger partial charge is 0.485 e. The summed E-state index contributed by atoms with van der Waals surface area (Å²) in [7, 11) is -11.7. The van der Waals surface area contributed by atoms with Gasteiger partial charge in [-0.2, -0.15) is 39.5 Å². The zero-order valence-corrected chi connectivity index (χ0v) is 28.7. The molecule has 1 atom stereocenters. The minimum Gasteiger partial charge on any atom is -0.741 e. The van der Waals surface area contributed by atoms with Crippen LogP contribution in [0.2, 0.25) is 0 Å². The lowest BCUT2D eigenvalue weighted by Crippen LogP contribution is -2.21. The molecule has 1 aliphatic heterocycles. The molecule has 0 fully saturated rings. The van der Waals surface area contributed by atoms with E-state index in [0.717, 1.165) is 10.8 Å². The second-order valence-corrected chi connectivity index (χ2v) is 16.2. The molecule has 8 nitrogen and oxygen atoms in total. The highest BCUT2D eigenvalue weighted by Gasteiger charge is 2.37. The fourth-order valence-electron chi connectivity index (χ4n) is 3.73. The first-order valence-electron chi connectivity index (χ1n) is 13.1. The van der Waals surface area contributed by atoms with Gasteiger partial charge >= 0.3 is 17.7 Å². The monoisotopic (exact) mass is 802 g/mol. The quantitative estimate of drug-likeness (QED) is 0.0914. The number of allylic oxidation sites excluding steroid dienone is 1. The molecule has 0 aliphatic carbocycles. The maximum absolute atomic E-state index is 10.7. The fraction of sp³-hybridized carbons (Fsp3) is 0.241. The van der Waals surface area contributed by atoms with E-state index in [1.807, 2.05) is 48.5 Å². The van der Waals surface area contributed by atoms with Gasteiger partial charge in [-0.3, -0.25) is 0 Å². The molecule has 0 bridgehead atoms. The standard InChI is InChI=1S/C14H12OS.C12H12OS.2CHF3O3S.CHF3/c15-13-7-8-14(16-9-3-4-10-16)12-6-2-1-5-11(12)13;1-14(2)12-8-7-11(13)9-5-3-4-6-10(9)12;2*2-1(3,4)8(5,6)7;2-1(3)4/h1-3,5-9H,4,10H2;3-8H,1-2H3;2*(H,5,6,7);1H. The lowest BCUT2D eigenvalue weighted by Gasteiger charge is -2.08. The van der Waals surface area contributed by atoms with Gasteiger partial charge in [-0.25, -0.2) is 16.8 Å². The molecule has 0 spiro atoms. The van der Waals surface area contributed by atoms with Gasteiger partial charge in [0.2, 0.25) is 0 Å². The van der Waals surface area contributed by atoms with E-state index in [9.17, 15) is 49.7 Å². The van der Waals surface area contributed by atoms with Crippen molar-refractivity contribution >= 4 is 63.6 Å². The Morgan fingerprint density at radius 1 is 0.680 bits per heavy atom. The summed E-state index contributed by atoms with van der Waals surface area (Å²) < 4.78 is 147. The summed E-state index contributed by atoms with van der Waals surface area (Å²) >= 11 is 0. The van der Waals surface area contributed by atoms with Gasteiger partial charge in [0.05, 0.1) is 10.9 Å². The number of phenolic OH excluding ortho intramolecular Hbond substituents is 2. The Kier molecular flexibility index (Phi) is 16.7. The van der Waals surface area contributed by atoms with Crippen LogP contribution in [0.4, 0.5) is 39.5 Å². The van der Waals surface area contributed by atoms with Crippen molar-refractivity contribution in [1.29, 1.82) is 0 Å². The number of benzene rings is 4. The summed E-state index contributed by atoms with van der Waals surface area (Å²) in [4.78, 5) is 2.68. The minimum absolute atomic E-state index is 0.227. The molecular formula is C29H27F9O8S4. The summed E-state index contributed by atoms with van der Waals surface area (Å²) in [5.41, 5.74) is -11.3. The Bertz CT molecular complexity index is 1910. The lowest BCUT2D eigenvalue weighted by molar-refractivity contribution is -0.0522. The second kappa shape index (κ2) is 18.7. The highest BCUT2D eigenvalue weighted by atomic mass is 32.2. The topological polar surface area (TPSA) is 155 Å². The zero-order valence-electron chi connectivity index (χ0n) is 25.5. The van der Waals surface area contributed by atoms with Crippen molar-refractivity contribution < 1.29 is 75.7 Å². The van der Waals surface area contributed by atoms with Gasteiger partial charge in [-0.15, -0.1) is 0 Å². The van der Waals surface area contributed by atoms with E-state index in [4.69, 9.17) is 25.9 Å². The molecule has 5 rings (SSSR count). The Labute approximate surface area is 286 Å². The molecule has 50 heavy (non-hydrogen) atoms. The lowest BCUT2D eigenvalue weighted by atomic mass is 10.1. The van der Waals surface area contributed by atoms with Crippen LogP contribution in [-0.4, -0.2) is 72.1 Å². The molecule has 0 saturated carbocycles. The van der Waals surface area contributed by atoms with E-state index in [1.165, 1.54) is 32.7 Å². The first-order chi connectivity index (χ1) is 22.8. The Balaban J connectivity index is 0.000000336. The number of hydrogen-bond acceptors (Lipinski definition) is 8. The minimum atomic E-state index is -6.09. The largest absolute Gasteiger partial charge is 0.741 e. The van der Waals surface area contributed by atoms with Crippen molar-refractivity contribution in [3.63, 3.8) is 0 Å². The molecule has 21 heteroatoms. The average Bonchev–Trinajstić information content (AvgIpc) is 3.51. The molecule has 0 amide bonds. The van der Waals surface area contributed by atoms with E-state index in [2.05, 4.69) is 42.2 Å². The first-order valence-corrected chi connectivity index (χ1v) is 19.4. The van der Waals surface area contributed by atoms with Crippen LogP contribution >= 0.6 is 0 Å². The molecule has 4 aromatic rings. The molecule has 1 unspecified atom stereocenters. The summed E-state index contributed by atoms with van der Waals surface area (Å²) in [6, 6.07) is 23.8. The van der Waals surface area contributed by atoms with Gasteiger partial charge < -0.3 is 19.3 Å². The van der Waals surface area contributed by atoms with E-state index >= 15 is 0 Å². The Morgan fingerprint density at radius 3 is 1.40 bits per heavy atom. The van der Waals surface area contributed by atoms with Crippen LogP contribution in [0, 0.1) is 0 Å². The summed E-state index contributed by atoms with van der Waals surface area (Å²) in [5.74, 6) is 1.97. The van der Waals surface area contributed by atoms with Crippen molar-refractivity contribution in [3.8, 4) is 11.5 Å². The summed E-state index contributed by atoms with van der Waals surface area (Å²) in [6.07, 6.45) is 7.82. The highest BCUT2D eigenvalue weighted by Crippen LogP contribution is 2.34. The van der Waals surface area contributed by atoms with Gasteiger partial charge in [-0.05, 0) is 42.5 Å². The Hall–Kier alpha value is -3.37. The van der Waals surface area contributed by atoms with Crippen LogP contribution in [0.15, 0.2) is 94.1 Å². The molecule has 4 aromatic carbocycles. The predicted molar refractivity (Wildman–Crippen MR) is 172 cm³/mol. The molecule has 0 radical (unpaired) electrons. The second-order valence-electron chi connectivity index (χ2n) is 9.41. The third-order valence-corrected chi connectivity index (χ3v) is 10.3. The Morgan fingerprint density at radius 2 is 1.04 bits per heavy atom. The number of rotatable bonds is 2. The van der Waals surface area contributed by atoms with Crippen molar-refractivity contribution in [1.82, 2.24) is 0 Å². The number of alkyl halides is 9. The van der Waals surface area contributed by atoms with Crippen molar-refractivity contribution in [2.45, 2.75) is 33.9 Å². The predicted octanol–water partition coefficient (Wildman–Crippen LogP) is 7.50.